The topological polar surface area (TPSA) is 38.0 Å². The summed E-state index contributed by atoms with van der Waals surface area (Å²) in [5.41, 5.74) is 7.97. The number of hydrogen-bond acceptors (Lipinski definition) is 2. The molecule has 17 heavy (non-hydrogen) atoms. The summed E-state index contributed by atoms with van der Waals surface area (Å²) < 4.78 is 13.1. The van der Waals surface area contributed by atoms with E-state index in [0.717, 1.165) is 18.7 Å². The maximum absolute atomic E-state index is 13.1. The van der Waals surface area contributed by atoms with Crippen molar-refractivity contribution in [3.63, 3.8) is 0 Å². The molecule has 0 bridgehead atoms. The molecule has 0 aliphatic heterocycles. The number of nitrogens with one attached hydrogen (secondary N) is 1. The molecule has 88 valence electrons. The maximum Gasteiger partial charge on any atom is 0.127 e. The summed E-state index contributed by atoms with van der Waals surface area (Å²) in [6, 6.07) is 14.6. The molecule has 0 saturated heterocycles. The summed E-state index contributed by atoms with van der Waals surface area (Å²) in [6.07, 6.45) is 0.900. The van der Waals surface area contributed by atoms with E-state index < -0.39 is 0 Å². The van der Waals surface area contributed by atoms with Gasteiger partial charge in [-0.05, 0) is 30.2 Å². The van der Waals surface area contributed by atoms with E-state index in [-0.39, 0.29) is 5.82 Å². The van der Waals surface area contributed by atoms with Crippen LogP contribution in [0.3, 0.4) is 0 Å². The van der Waals surface area contributed by atoms with E-state index in [1.807, 2.05) is 18.2 Å². The molecule has 0 heterocycles. The quantitative estimate of drug-likeness (QED) is 0.792. The van der Waals surface area contributed by atoms with E-state index >= 15 is 0 Å². The lowest BCUT2D eigenvalue weighted by Gasteiger charge is -2.07. The first-order chi connectivity index (χ1) is 8.24. The number of nitrogen functional groups attached to an aromatic ring is 1. The van der Waals surface area contributed by atoms with Crippen LogP contribution < -0.4 is 11.1 Å². The molecule has 0 unspecified atom stereocenters. The SMILES string of the molecule is Nc1cc(F)cc(NCCc2ccccc2)c1. The van der Waals surface area contributed by atoms with Gasteiger partial charge < -0.3 is 11.1 Å². The minimum Gasteiger partial charge on any atom is -0.399 e. The predicted octanol–water partition coefficient (Wildman–Crippen LogP) is 3.06. The van der Waals surface area contributed by atoms with Crippen LogP contribution in [0.1, 0.15) is 5.56 Å². The Morgan fingerprint density at radius 2 is 1.82 bits per heavy atom. The van der Waals surface area contributed by atoms with Gasteiger partial charge in [0.2, 0.25) is 0 Å². The Balaban J connectivity index is 1.90. The van der Waals surface area contributed by atoms with Gasteiger partial charge in [-0.2, -0.15) is 0 Å². The van der Waals surface area contributed by atoms with Gasteiger partial charge in [-0.15, -0.1) is 0 Å². The lowest BCUT2D eigenvalue weighted by atomic mass is 10.1. The van der Waals surface area contributed by atoms with Crippen molar-refractivity contribution in [1.29, 1.82) is 0 Å². The highest BCUT2D eigenvalue weighted by atomic mass is 19.1. The van der Waals surface area contributed by atoms with E-state index in [9.17, 15) is 4.39 Å². The largest absolute Gasteiger partial charge is 0.399 e. The van der Waals surface area contributed by atoms with Crippen molar-refractivity contribution in [2.45, 2.75) is 6.42 Å². The monoisotopic (exact) mass is 230 g/mol. The third-order valence-electron chi connectivity index (χ3n) is 2.51. The van der Waals surface area contributed by atoms with Gasteiger partial charge in [-0.3, -0.25) is 0 Å². The summed E-state index contributed by atoms with van der Waals surface area (Å²) in [4.78, 5) is 0. The van der Waals surface area contributed by atoms with Crippen LogP contribution in [0.2, 0.25) is 0 Å². The minimum atomic E-state index is -0.313. The van der Waals surface area contributed by atoms with Crippen molar-refractivity contribution in [1.82, 2.24) is 0 Å². The molecule has 0 aromatic heterocycles. The molecule has 3 N–H and O–H groups in total. The molecule has 0 radical (unpaired) electrons. The molecule has 3 heteroatoms. The summed E-state index contributed by atoms with van der Waals surface area (Å²) in [5.74, 6) is -0.313. The smallest absolute Gasteiger partial charge is 0.127 e. The highest BCUT2D eigenvalue weighted by Crippen LogP contribution is 2.15. The van der Waals surface area contributed by atoms with Crippen molar-refractivity contribution in [2.24, 2.45) is 0 Å². The van der Waals surface area contributed by atoms with Gasteiger partial charge in [-0.25, -0.2) is 4.39 Å². The van der Waals surface area contributed by atoms with Crippen LogP contribution in [0.25, 0.3) is 0 Å². The molecule has 2 nitrogen and oxygen atoms in total. The Morgan fingerprint density at radius 3 is 2.53 bits per heavy atom. The Hall–Kier alpha value is -2.03. The maximum atomic E-state index is 13.1. The van der Waals surface area contributed by atoms with Gasteiger partial charge in [0.05, 0.1) is 0 Å². The summed E-state index contributed by atoms with van der Waals surface area (Å²) in [6.45, 7) is 0.757. The van der Waals surface area contributed by atoms with Crippen molar-refractivity contribution in [3.8, 4) is 0 Å². The van der Waals surface area contributed by atoms with E-state index in [4.69, 9.17) is 5.73 Å². The molecular formula is C14H15FN2. The molecule has 2 aromatic rings. The second-order valence-corrected chi connectivity index (χ2v) is 3.94. The molecule has 0 fully saturated rings. The molecule has 0 atom stereocenters. The van der Waals surface area contributed by atoms with Crippen LogP contribution in [0, 0.1) is 5.82 Å². The number of hydrogen-bond donors (Lipinski definition) is 2. The Kier molecular flexibility index (Phi) is 3.60. The van der Waals surface area contributed by atoms with Gasteiger partial charge in [0.1, 0.15) is 5.82 Å². The number of nitrogens with two attached hydrogens (primary N) is 1. The van der Waals surface area contributed by atoms with Gasteiger partial charge >= 0.3 is 0 Å². The standard InChI is InChI=1S/C14H15FN2/c15-12-8-13(16)10-14(9-12)17-7-6-11-4-2-1-3-5-11/h1-5,8-10,17H,6-7,16H2. The van der Waals surface area contributed by atoms with E-state index in [1.165, 1.54) is 17.7 Å². The van der Waals surface area contributed by atoms with Gasteiger partial charge in [-0.1, -0.05) is 30.3 Å². The molecule has 0 aliphatic rings. The number of rotatable bonds is 4. The van der Waals surface area contributed by atoms with E-state index in [1.54, 1.807) is 6.07 Å². The Bertz CT molecular complexity index is 463. The lowest BCUT2D eigenvalue weighted by molar-refractivity contribution is 0.629. The van der Waals surface area contributed by atoms with E-state index in [2.05, 4.69) is 17.4 Å². The first-order valence-electron chi connectivity index (χ1n) is 5.58. The average Bonchev–Trinajstić information content (AvgIpc) is 2.29. The molecule has 0 spiro atoms. The fourth-order valence-corrected chi connectivity index (χ4v) is 1.71. The lowest BCUT2D eigenvalue weighted by Crippen LogP contribution is -2.05. The van der Waals surface area contributed by atoms with Crippen molar-refractivity contribution < 1.29 is 4.39 Å². The highest BCUT2D eigenvalue weighted by Gasteiger charge is 1.98. The zero-order valence-corrected chi connectivity index (χ0v) is 9.49. The van der Waals surface area contributed by atoms with Gasteiger partial charge in [0.15, 0.2) is 0 Å². The first kappa shape index (κ1) is 11.5. The van der Waals surface area contributed by atoms with Crippen molar-refractivity contribution in [2.75, 3.05) is 17.6 Å². The van der Waals surface area contributed by atoms with Crippen LogP contribution in [0.5, 0.6) is 0 Å². The van der Waals surface area contributed by atoms with Crippen LogP contribution >= 0.6 is 0 Å². The minimum absolute atomic E-state index is 0.313. The molecule has 0 saturated carbocycles. The first-order valence-corrected chi connectivity index (χ1v) is 5.58. The van der Waals surface area contributed by atoms with E-state index in [0.29, 0.717) is 5.69 Å². The molecule has 2 aromatic carbocycles. The van der Waals surface area contributed by atoms with Gasteiger partial charge in [0.25, 0.3) is 0 Å². The summed E-state index contributed by atoms with van der Waals surface area (Å²) in [5, 5.41) is 3.15. The average molecular weight is 230 g/mol. The van der Waals surface area contributed by atoms with Gasteiger partial charge in [0, 0.05) is 17.9 Å². The zero-order valence-electron chi connectivity index (χ0n) is 9.49. The second-order valence-electron chi connectivity index (χ2n) is 3.94. The highest BCUT2D eigenvalue weighted by molar-refractivity contribution is 5.54. The normalized spacial score (nSPS) is 10.2. The molecule has 2 rings (SSSR count). The Labute approximate surface area is 100 Å². The Morgan fingerprint density at radius 1 is 1.06 bits per heavy atom. The molecule has 0 amide bonds. The number of anilines is 2. The summed E-state index contributed by atoms with van der Waals surface area (Å²) >= 11 is 0. The molecular weight excluding hydrogens is 215 g/mol. The van der Waals surface area contributed by atoms with Crippen LogP contribution in [0.4, 0.5) is 15.8 Å². The third-order valence-corrected chi connectivity index (χ3v) is 2.51. The number of benzene rings is 2. The molecule has 0 aliphatic carbocycles. The fraction of sp³-hybridized carbons (Fsp3) is 0.143. The number of halogens is 1. The zero-order chi connectivity index (χ0) is 12.1. The summed E-state index contributed by atoms with van der Waals surface area (Å²) in [7, 11) is 0. The van der Waals surface area contributed by atoms with Crippen LogP contribution in [-0.2, 0) is 6.42 Å². The van der Waals surface area contributed by atoms with Crippen molar-refractivity contribution >= 4 is 11.4 Å². The van der Waals surface area contributed by atoms with Crippen LogP contribution in [-0.4, -0.2) is 6.54 Å². The predicted molar refractivity (Wildman–Crippen MR) is 69.4 cm³/mol. The fourth-order valence-electron chi connectivity index (χ4n) is 1.71. The van der Waals surface area contributed by atoms with Crippen molar-refractivity contribution in [3.05, 3.63) is 59.9 Å². The third kappa shape index (κ3) is 3.48. The van der Waals surface area contributed by atoms with Crippen LogP contribution in [0.15, 0.2) is 48.5 Å². The second kappa shape index (κ2) is 5.34.